The van der Waals surface area contributed by atoms with Crippen LogP contribution in [0, 0.1) is 0 Å². The van der Waals surface area contributed by atoms with Gasteiger partial charge in [-0.05, 0) is 57.5 Å². The van der Waals surface area contributed by atoms with Gasteiger partial charge in [-0.2, -0.15) is 0 Å². The van der Waals surface area contributed by atoms with Crippen LogP contribution in [0.25, 0.3) is 0 Å². The Balaban J connectivity index is 1.67. The van der Waals surface area contributed by atoms with Crippen LogP contribution < -0.4 is 0 Å². The summed E-state index contributed by atoms with van der Waals surface area (Å²) >= 11 is 0. The summed E-state index contributed by atoms with van der Waals surface area (Å²) in [5, 5.41) is 0. The Kier molecular flexibility index (Phi) is 3.85. The Bertz CT molecular complexity index is 402. The highest BCUT2D eigenvalue weighted by atomic mass is 15.3. The SMILES string of the molecule is CN1CCCC[C@@]12CCCN(Cc1cccnc1)C2. The Morgan fingerprint density at radius 1 is 1.21 bits per heavy atom. The third-order valence-corrected chi connectivity index (χ3v) is 4.96. The molecule has 0 unspecified atom stereocenters. The first-order chi connectivity index (χ1) is 9.28. The lowest BCUT2D eigenvalue weighted by Crippen LogP contribution is -2.59. The lowest BCUT2D eigenvalue weighted by molar-refractivity contribution is -0.00234. The first kappa shape index (κ1) is 13.1. The molecule has 1 aromatic rings. The van der Waals surface area contributed by atoms with E-state index in [9.17, 15) is 0 Å². The molecule has 3 heteroatoms. The molecule has 2 aliphatic rings. The van der Waals surface area contributed by atoms with E-state index >= 15 is 0 Å². The van der Waals surface area contributed by atoms with E-state index in [1.807, 2.05) is 18.5 Å². The lowest BCUT2D eigenvalue weighted by Gasteiger charge is -2.51. The Morgan fingerprint density at radius 2 is 2.11 bits per heavy atom. The molecule has 0 aliphatic carbocycles. The van der Waals surface area contributed by atoms with Crippen molar-refractivity contribution in [2.24, 2.45) is 0 Å². The summed E-state index contributed by atoms with van der Waals surface area (Å²) in [5.74, 6) is 0. The number of piperidine rings is 2. The van der Waals surface area contributed by atoms with Gasteiger partial charge in [-0.3, -0.25) is 14.8 Å². The molecule has 1 spiro atoms. The van der Waals surface area contributed by atoms with Gasteiger partial charge in [0.05, 0.1) is 0 Å². The molecule has 2 fully saturated rings. The molecule has 1 atom stereocenters. The molecule has 0 aromatic carbocycles. The maximum atomic E-state index is 4.23. The van der Waals surface area contributed by atoms with E-state index in [0.717, 1.165) is 6.54 Å². The molecule has 2 saturated heterocycles. The van der Waals surface area contributed by atoms with Crippen LogP contribution in [0.2, 0.25) is 0 Å². The topological polar surface area (TPSA) is 19.4 Å². The second kappa shape index (κ2) is 5.59. The molecule has 3 heterocycles. The zero-order chi connectivity index (χ0) is 13.1. The fraction of sp³-hybridized carbons (Fsp3) is 0.688. The van der Waals surface area contributed by atoms with Crippen LogP contribution in [0.4, 0.5) is 0 Å². The molecule has 0 N–H and O–H groups in total. The minimum atomic E-state index is 0.457. The van der Waals surface area contributed by atoms with Gasteiger partial charge in [-0.15, -0.1) is 0 Å². The largest absolute Gasteiger partial charge is 0.299 e. The second-order valence-corrected chi connectivity index (χ2v) is 6.28. The Morgan fingerprint density at radius 3 is 2.89 bits per heavy atom. The maximum absolute atomic E-state index is 4.23. The molecule has 0 bridgehead atoms. The molecule has 0 amide bonds. The van der Waals surface area contributed by atoms with Crippen molar-refractivity contribution >= 4 is 0 Å². The number of aromatic nitrogens is 1. The van der Waals surface area contributed by atoms with Gasteiger partial charge in [0.15, 0.2) is 0 Å². The summed E-state index contributed by atoms with van der Waals surface area (Å²) in [7, 11) is 2.33. The summed E-state index contributed by atoms with van der Waals surface area (Å²) < 4.78 is 0. The van der Waals surface area contributed by atoms with Gasteiger partial charge in [0, 0.05) is 31.0 Å². The summed E-state index contributed by atoms with van der Waals surface area (Å²) in [4.78, 5) is 9.49. The third-order valence-electron chi connectivity index (χ3n) is 4.96. The third kappa shape index (κ3) is 2.82. The molecule has 3 nitrogen and oxygen atoms in total. The molecule has 2 aliphatic heterocycles. The summed E-state index contributed by atoms with van der Waals surface area (Å²) in [6.45, 7) is 4.81. The quantitative estimate of drug-likeness (QED) is 0.813. The van der Waals surface area contributed by atoms with E-state index in [1.165, 1.54) is 57.3 Å². The van der Waals surface area contributed by atoms with Crippen molar-refractivity contribution in [1.29, 1.82) is 0 Å². The van der Waals surface area contributed by atoms with Gasteiger partial charge in [0.1, 0.15) is 0 Å². The minimum absolute atomic E-state index is 0.457. The average Bonchev–Trinajstić information content (AvgIpc) is 2.44. The highest BCUT2D eigenvalue weighted by Gasteiger charge is 2.39. The van der Waals surface area contributed by atoms with Crippen LogP contribution in [0.3, 0.4) is 0 Å². The fourth-order valence-corrected chi connectivity index (χ4v) is 3.84. The van der Waals surface area contributed by atoms with E-state index in [-0.39, 0.29) is 0 Å². The van der Waals surface area contributed by atoms with Crippen LogP contribution in [-0.4, -0.2) is 47.0 Å². The molecule has 0 radical (unpaired) electrons. The van der Waals surface area contributed by atoms with Crippen LogP contribution in [0.5, 0.6) is 0 Å². The molecule has 3 rings (SSSR count). The highest BCUT2D eigenvalue weighted by molar-refractivity contribution is 5.09. The monoisotopic (exact) mass is 259 g/mol. The van der Waals surface area contributed by atoms with E-state index in [4.69, 9.17) is 0 Å². The van der Waals surface area contributed by atoms with Crippen molar-refractivity contribution in [2.75, 3.05) is 26.7 Å². The summed E-state index contributed by atoms with van der Waals surface area (Å²) in [6, 6.07) is 4.24. The van der Waals surface area contributed by atoms with E-state index in [1.54, 1.807) is 0 Å². The molecule has 0 saturated carbocycles. The first-order valence-corrected chi connectivity index (χ1v) is 7.61. The van der Waals surface area contributed by atoms with Gasteiger partial charge in [-0.1, -0.05) is 12.5 Å². The lowest BCUT2D eigenvalue weighted by atomic mass is 9.80. The standard InChI is InChI=1S/C16H25N3/c1-18-10-3-2-7-16(18)8-5-11-19(14-16)13-15-6-4-9-17-12-15/h4,6,9,12H,2-3,5,7-8,10-11,13-14H2,1H3/t16-/m0/s1. The number of likely N-dealkylation sites (tertiary alicyclic amines) is 2. The van der Waals surface area contributed by atoms with Crippen LogP contribution >= 0.6 is 0 Å². The minimum Gasteiger partial charge on any atom is -0.299 e. The van der Waals surface area contributed by atoms with Gasteiger partial charge in [-0.25, -0.2) is 0 Å². The molecular weight excluding hydrogens is 234 g/mol. The number of hydrogen-bond donors (Lipinski definition) is 0. The average molecular weight is 259 g/mol. The Labute approximate surface area is 116 Å². The molecule has 19 heavy (non-hydrogen) atoms. The zero-order valence-corrected chi connectivity index (χ0v) is 12.0. The van der Waals surface area contributed by atoms with Crippen molar-refractivity contribution in [3.8, 4) is 0 Å². The summed E-state index contributed by atoms with van der Waals surface area (Å²) in [5.41, 5.74) is 1.80. The Hall–Kier alpha value is -0.930. The van der Waals surface area contributed by atoms with Crippen LogP contribution in [0.15, 0.2) is 24.5 Å². The van der Waals surface area contributed by atoms with Crippen molar-refractivity contribution in [1.82, 2.24) is 14.8 Å². The second-order valence-electron chi connectivity index (χ2n) is 6.28. The van der Waals surface area contributed by atoms with Crippen molar-refractivity contribution in [3.05, 3.63) is 30.1 Å². The number of hydrogen-bond acceptors (Lipinski definition) is 3. The van der Waals surface area contributed by atoms with Crippen molar-refractivity contribution in [3.63, 3.8) is 0 Å². The normalized spacial score (nSPS) is 29.7. The predicted molar refractivity (Wildman–Crippen MR) is 78.0 cm³/mol. The number of nitrogens with zero attached hydrogens (tertiary/aromatic N) is 3. The van der Waals surface area contributed by atoms with Crippen molar-refractivity contribution < 1.29 is 0 Å². The maximum Gasteiger partial charge on any atom is 0.0334 e. The van der Waals surface area contributed by atoms with E-state index in [0.29, 0.717) is 5.54 Å². The van der Waals surface area contributed by atoms with Gasteiger partial charge >= 0.3 is 0 Å². The van der Waals surface area contributed by atoms with Crippen molar-refractivity contribution in [2.45, 2.75) is 44.2 Å². The van der Waals surface area contributed by atoms with E-state index in [2.05, 4.69) is 27.9 Å². The summed E-state index contributed by atoms with van der Waals surface area (Å²) in [6.07, 6.45) is 10.7. The first-order valence-electron chi connectivity index (χ1n) is 7.61. The number of likely N-dealkylation sites (N-methyl/N-ethyl adjacent to an activating group) is 1. The van der Waals surface area contributed by atoms with Gasteiger partial charge < -0.3 is 0 Å². The van der Waals surface area contributed by atoms with Crippen LogP contribution in [0.1, 0.15) is 37.7 Å². The van der Waals surface area contributed by atoms with Gasteiger partial charge in [0.2, 0.25) is 0 Å². The predicted octanol–water partition coefficient (Wildman–Crippen LogP) is 2.53. The van der Waals surface area contributed by atoms with Gasteiger partial charge in [0.25, 0.3) is 0 Å². The molecule has 1 aromatic heterocycles. The molecule has 104 valence electrons. The highest BCUT2D eigenvalue weighted by Crippen LogP contribution is 2.35. The molecular formula is C16H25N3. The number of pyridine rings is 1. The smallest absolute Gasteiger partial charge is 0.0334 e. The number of rotatable bonds is 2. The van der Waals surface area contributed by atoms with E-state index < -0.39 is 0 Å². The zero-order valence-electron chi connectivity index (χ0n) is 12.0. The fourth-order valence-electron chi connectivity index (χ4n) is 3.84. The van der Waals surface area contributed by atoms with Crippen LogP contribution in [-0.2, 0) is 6.54 Å².